The minimum atomic E-state index is 0. The zero-order valence-corrected chi connectivity index (χ0v) is 8.07. The fourth-order valence-electron chi connectivity index (χ4n) is 0. The van der Waals surface area contributed by atoms with Crippen LogP contribution in [0.15, 0.2) is 0 Å². The van der Waals surface area contributed by atoms with Gasteiger partial charge in [0, 0.05) is 1.37 Å². The number of hydrogen-bond donors (Lipinski definition) is 0. The van der Waals surface area contributed by atoms with Crippen LogP contribution < -0.4 is 0 Å². The van der Waals surface area contributed by atoms with Crippen LogP contribution in [0.25, 0.3) is 0 Å². The van der Waals surface area contributed by atoms with Crippen LogP contribution in [-0.2, 0) is 0 Å². The van der Waals surface area contributed by atoms with Gasteiger partial charge in [0.1, 0.15) is 0 Å². The molecule has 0 amide bonds. The summed E-state index contributed by atoms with van der Waals surface area (Å²) in [6.07, 6.45) is 4.13. The van der Waals surface area contributed by atoms with Gasteiger partial charge in [0.2, 0.25) is 0 Å². The van der Waals surface area contributed by atoms with Gasteiger partial charge in [-0.3, -0.25) is 0 Å². The second-order valence-corrected chi connectivity index (χ2v) is 1.56. The first-order valence-electron chi connectivity index (χ1n) is 3.91. The van der Waals surface area contributed by atoms with Gasteiger partial charge < -0.3 is 13.8 Å². The molecule has 0 bridgehead atoms. The fourth-order valence-corrected chi connectivity index (χ4v) is 0. The van der Waals surface area contributed by atoms with Crippen LogP contribution in [0.2, 0.25) is 0 Å². The summed E-state index contributed by atoms with van der Waals surface area (Å²) in [5, 5.41) is 0. The topological polar surface area (TPSA) is 0 Å². The summed E-state index contributed by atoms with van der Waals surface area (Å²) in [5.74, 6) is 0. The second-order valence-electron chi connectivity index (χ2n) is 1.56. The van der Waals surface area contributed by atoms with Crippen LogP contribution in [-0.4, -0.2) is 23.1 Å². The van der Waals surface area contributed by atoms with Crippen molar-refractivity contribution >= 4 is 23.1 Å². The van der Waals surface area contributed by atoms with E-state index >= 15 is 0 Å². The Bertz CT molecular complexity index is 28.4. The molecule has 0 aromatic rings. The van der Waals surface area contributed by atoms with Gasteiger partial charge in [0.25, 0.3) is 0 Å². The minimum absolute atomic E-state index is 0. The van der Waals surface area contributed by atoms with E-state index in [2.05, 4.69) is 20.8 Å². The molecule has 0 aliphatic carbocycles. The van der Waals surface area contributed by atoms with Crippen LogP contribution >= 0.6 is 0 Å². The average Bonchev–Trinajstić information content (AvgIpc) is 1.91. The molecule has 0 unspecified atom stereocenters. The maximum atomic E-state index is 6.56. The van der Waals surface area contributed by atoms with Crippen LogP contribution in [0.5, 0.6) is 0 Å². The van der Waals surface area contributed by atoms with E-state index in [-0.39, 0.29) is 23.1 Å². The molecule has 0 N–H and O–H groups in total. The largest absolute Gasteiger partial charge is 2.00 e. The van der Waals surface area contributed by atoms with Crippen molar-refractivity contribution in [3.8, 4) is 0 Å². The molecule has 9 heavy (non-hydrogen) atoms. The number of unbranched alkanes of at least 4 members (excludes halogenated alkanes) is 2. The predicted molar refractivity (Wildman–Crippen MR) is 46.3 cm³/mol. The molecule has 52 valence electrons. The van der Waals surface area contributed by atoms with Gasteiger partial charge in [0.05, 0.1) is 0 Å². The summed E-state index contributed by atoms with van der Waals surface area (Å²) in [5.41, 5.74) is 0. The van der Waals surface area contributed by atoms with Crippen molar-refractivity contribution in [1.29, 1.82) is 0 Å². The first-order valence-corrected chi connectivity index (χ1v) is 3.21. The van der Waals surface area contributed by atoms with E-state index < -0.39 is 0 Å². The zero-order chi connectivity index (χ0) is 7.54. The molecular formula is C8H18Mg. The number of rotatable bonds is 2. The van der Waals surface area contributed by atoms with E-state index in [9.17, 15) is 0 Å². The summed E-state index contributed by atoms with van der Waals surface area (Å²) in [7, 11) is 0. The van der Waals surface area contributed by atoms with Crippen molar-refractivity contribution in [2.24, 2.45) is 0 Å². The molecule has 0 nitrogen and oxygen atoms in total. The smallest absolute Gasteiger partial charge is 0.343 e. The summed E-state index contributed by atoms with van der Waals surface area (Å²) >= 11 is 0. The van der Waals surface area contributed by atoms with Gasteiger partial charge in [-0.1, -0.05) is 26.7 Å². The zero-order valence-electron chi connectivity index (χ0n) is 7.66. The Balaban J connectivity index is -0.0000000910. The van der Waals surface area contributed by atoms with Gasteiger partial charge in [0.15, 0.2) is 0 Å². The van der Waals surface area contributed by atoms with E-state index in [1.807, 2.05) is 0 Å². The van der Waals surface area contributed by atoms with Crippen LogP contribution in [0.1, 0.15) is 40.9 Å². The maximum Gasteiger partial charge on any atom is 2.00 e. The Morgan fingerprint density at radius 2 is 1.56 bits per heavy atom. The van der Waals surface area contributed by atoms with Crippen molar-refractivity contribution < 1.29 is 1.37 Å². The third-order valence-corrected chi connectivity index (χ3v) is 0.604. The van der Waals surface area contributed by atoms with E-state index in [0.29, 0.717) is 6.90 Å². The van der Waals surface area contributed by atoms with Crippen molar-refractivity contribution in [3.63, 3.8) is 0 Å². The molecule has 0 radical (unpaired) electrons. The summed E-state index contributed by atoms with van der Waals surface area (Å²) in [6, 6.07) is 0. The molecule has 0 aliphatic rings. The summed E-state index contributed by atoms with van der Waals surface area (Å²) in [4.78, 5) is 0. The molecule has 0 fully saturated rings. The normalized spacial score (nSPS) is 8.11. The summed E-state index contributed by atoms with van der Waals surface area (Å²) < 4.78 is 6.56. The molecule has 0 spiro atoms. The van der Waals surface area contributed by atoms with Gasteiger partial charge in [-0.15, -0.1) is 0 Å². The Morgan fingerprint density at radius 3 is 1.56 bits per heavy atom. The minimum Gasteiger partial charge on any atom is -0.343 e. The third-order valence-electron chi connectivity index (χ3n) is 0.604. The predicted octanol–water partition coefficient (Wildman–Crippen LogP) is 2.86. The van der Waals surface area contributed by atoms with E-state index in [0.717, 1.165) is 19.3 Å². The summed E-state index contributed by atoms with van der Waals surface area (Å²) in [6.45, 7) is 9.81. The fraction of sp³-hybridized carbons (Fsp3) is 0.750. The third kappa shape index (κ3) is 52.4. The van der Waals surface area contributed by atoms with Crippen LogP contribution in [0, 0.1) is 13.8 Å². The molecule has 0 rings (SSSR count). The molecule has 0 heterocycles. The molecule has 0 aliphatic heterocycles. The van der Waals surface area contributed by atoms with Crippen molar-refractivity contribution in [1.82, 2.24) is 0 Å². The molecular weight excluding hydrogens is 120 g/mol. The molecule has 0 saturated heterocycles. The van der Waals surface area contributed by atoms with Crippen molar-refractivity contribution in [3.05, 3.63) is 13.8 Å². The molecule has 0 aromatic carbocycles. The maximum absolute atomic E-state index is 6.56. The van der Waals surface area contributed by atoms with Crippen molar-refractivity contribution in [2.45, 2.75) is 39.5 Å². The van der Waals surface area contributed by atoms with E-state index in [4.69, 9.17) is 1.37 Å². The SMILES string of the molecule is [2H]CCC[CH2-].[CH2-]CCC.[Mg+2]. The van der Waals surface area contributed by atoms with E-state index in [1.165, 1.54) is 6.42 Å². The van der Waals surface area contributed by atoms with Gasteiger partial charge in [-0.25, -0.2) is 0 Å². The van der Waals surface area contributed by atoms with Gasteiger partial charge in [-0.2, -0.15) is 12.8 Å². The monoisotopic (exact) mass is 139 g/mol. The van der Waals surface area contributed by atoms with Gasteiger partial charge in [-0.05, 0) is 0 Å². The molecule has 0 saturated carbocycles. The second kappa shape index (κ2) is 23.3. The van der Waals surface area contributed by atoms with Crippen LogP contribution in [0.3, 0.4) is 0 Å². The van der Waals surface area contributed by atoms with Crippen LogP contribution in [0.4, 0.5) is 0 Å². The Hall–Kier alpha value is 0.766. The number of hydrogen-bond acceptors (Lipinski definition) is 0. The molecule has 1 heteroatoms. The van der Waals surface area contributed by atoms with E-state index in [1.54, 1.807) is 0 Å². The average molecular weight is 140 g/mol. The quantitative estimate of drug-likeness (QED) is 0.408. The Kier molecular flexibility index (Phi) is 32.2. The Labute approximate surface area is 78.0 Å². The molecule has 0 atom stereocenters. The van der Waals surface area contributed by atoms with Crippen molar-refractivity contribution in [2.75, 3.05) is 0 Å². The molecule has 0 aromatic heterocycles. The first kappa shape index (κ1) is 12.4. The Morgan fingerprint density at radius 1 is 1.22 bits per heavy atom. The first-order chi connectivity index (χ1) is 4.33. The standard InChI is InChI=1S/2C4H9.Mg/c2*1-3-4-2;/h2*1,3-4H2,2H3;/q2*-1;+2/i2D;;. The van der Waals surface area contributed by atoms with Gasteiger partial charge >= 0.3 is 23.1 Å².